The van der Waals surface area contributed by atoms with Gasteiger partial charge in [0.05, 0.1) is 27.7 Å². The molecule has 2 aliphatic carbocycles. The first kappa shape index (κ1) is 21.0. The molecule has 8 heteroatoms. The van der Waals surface area contributed by atoms with Gasteiger partial charge in [-0.2, -0.15) is 0 Å². The van der Waals surface area contributed by atoms with Crippen LogP contribution >= 0.6 is 0 Å². The molecule has 2 N–H and O–H groups in total. The number of non-ortho nitro benzene ring substituents is 1. The Labute approximate surface area is 180 Å². The second-order valence-electron chi connectivity index (χ2n) is 10.1. The molecule has 2 aliphatic rings. The molecule has 0 saturated heterocycles. The highest BCUT2D eigenvalue weighted by molar-refractivity contribution is 6.15. The Bertz CT molecular complexity index is 1070. The fourth-order valence-electron chi connectivity index (χ4n) is 4.89. The minimum atomic E-state index is -0.437. The van der Waals surface area contributed by atoms with E-state index in [-0.39, 0.29) is 16.5 Å². The Kier molecular flexibility index (Phi) is 4.83. The van der Waals surface area contributed by atoms with Crippen LogP contribution in [0, 0.1) is 20.9 Å². The lowest BCUT2D eigenvalue weighted by Gasteiger charge is -2.37. The number of nitro groups is 1. The monoisotopic (exact) mass is 422 g/mol. The average molecular weight is 422 g/mol. The highest BCUT2D eigenvalue weighted by Gasteiger charge is 2.39. The van der Waals surface area contributed by atoms with E-state index in [0.717, 1.165) is 33.6 Å². The maximum atomic E-state index is 11.1. The molecule has 0 saturated carbocycles. The van der Waals surface area contributed by atoms with E-state index in [0.29, 0.717) is 37.1 Å². The number of rotatable bonds is 2. The molecule has 0 radical (unpaired) electrons. The number of pyridine rings is 1. The summed E-state index contributed by atoms with van der Waals surface area (Å²) in [4.78, 5) is 15.7. The van der Waals surface area contributed by atoms with Gasteiger partial charge in [-0.15, -0.1) is 0 Å². The van der Waals surface area contributed by atoms with E-state index in [1.165, 1.54) is 12.1 Å². The van der Waals surface area contributed by atoms with Crippen molar-refractivity contribution in [1.82, 2.24) is 4.98 Å². The summed E-state index contributed by atoms with van der Waals surface area (Å²) in [5.41, 5.74) is 5.44. The van der Waals surface area contributed by atoms with Gasteiger partial charge in [0.25, 0.3) is 5.69 Å². The quantitative estimate of drug-likeness (QED) is 0.402. The van der Waals surface area contributed by atoms with Gasteiger partial charge >= 0.3 is 0 Å². The Balaban J connectivity index is 2.07. The maximum absolute atomic E-state index is 11.1. The summed E-state index contributed by atoms with van der Waals surface area (Å²) < 4.78 is 0. The van der Waals surface area contributed by atoms with Crippen LogP contribution in [0.4, 0.5) is 5.69 Å². The first-order valence-electron chi connectivity index (χ1n) is 10.3. The molecular weight excluding hydrogens is 396 g/mol. The molecule has 0 unspecified atom stereocenters. The molecule has 0 amide bonds. The molecule has 0 spiro atoms. The molecule has 8 nitrogen and oxygen atoms in total. The van der Waals surface area contributed by atoms with Gasteiger partial charge in [-0.1, -0.05) is 38.0 Å². The molecule has 0 bridgehead atoms. The molecule has 0 fully saturated rings. The van der Waals surface area contributed by atoms with Gasteiger partial charge in [-0.3, -0.25) is 15.1 Å². The molecular formula is C23H26N4O4. The summed E-state index contributed by atoms with van der Waals surface area (Å²) in [5, 5.41) is 38.1. The minimum absolute atomic E-state index is 0.00472. The van der Waals surface area contributed by atoms with Crippen LogP contribution in [-0.2, 0) is 12.8 Å². The van der Waals surface area contributed by atoms with Gasteiger partial charge in [-0.25, -0.2) is 0 Å². The minimum Gasteiger partial charge on any atom is -0.411 e. The Hall–Kier alpha value is -3.29. The van der Waals surface area contributed by atoms with Crippen LogP contribution in [0.25, 0.3) is 11.1 Å². The van der Waals surface area contributed by atoms with Crippen LogP contribution in [-0.4, -0.2) is 31.7 Å². The van der Waals surface area contributed by atoms with Crippen LogP contribution < -0.4 is 0 Å². The topological polar surface area (TPSA) is 121 Å². The van der Waals surface area contributed by atoms with Gasteiger partial charge in [0.2, 0.25) is 0 Å². The molecule has 4 rings (SSSR count). The number of aromatic nitrogens is 1. The number of fused-ring (bicyclic) bond motifs is 2. The molecule has 31 heavy (non-hydrogen) atoms. The van der Waals surface area contributed by atoms with Crippen molar-refractivity contribution < 1.29 is 15.3 Å². The van der Waals surface area contributed by atoms with Gasteiger partial charge < -0.3 is 10.4 Å². The number of oxime groups is 2. The summed E-state index contributed by atoms with van der Waals surface area (Å²) in [6.45, 7) is 8.44. The fourth-order valence-corrected chi connectivity index (χ4v) is 4.89. The Morgan fingerprint density at radius 1 is 0.839 bits per heavy atom. The first-order chi connectivity index (χ1) is 14.5. The van der Waals surface area contributed by atoms with Crippen molar-refractivity contribution >= 4 is 17.1 Å². The van der Waals surface area contributed by atoms with E-state index in [9.17, 15) is 20.5 Å². The summed E-state index contributed by atoms with van der Waals surface area (Å²) in [6, 6.07) is 6.30. The fraction of sp³-hybridized carbons (Fsp3) is 0.435. The second-order valence-corrected chi connectivity index (χ2v) is 10.1. The average Bonchev–Trinajstić information content (AvgIpc) is 2.69. The molecule has 1 heterocycles. The van der Waals surface area contributed by atoms with Crippen molar-refractivity contribution in [3.05, 3.63) is 56.9 Å². The van der Waals surface area contributed by atoms with Gasteiger partial charge in [-0.05, 0) is 54.2 Å². The van der Waals surface area contributed by atoms with Crippen molar-refractivity contribution in [3.8, 4) is 11.1 Å². The highest BCUT2D eigenvalue weighted by Crippen LogP contribution is 2.45. The van der Waals surface area contributed by atoms with E-state index in [1.54, 1.807) is 12.1 Å². The lowest BCUT2D eigenvalue weighted by molar-refractivity contribution is -0.384. The van der Waals surface area contributed by atoms with Crippen LogP contribution in [0.1, 0.15) is 63.1 Å². The standard InChI is InChI=1S/C23H26N4O4/c1-22(2)9-15-20(17(11-22)25-28)19(13-5-7-14(8-6-13)27(30)31)21-16(24-15)10-23(3,4)12-18(21)26-29/h5-8,28-29H,9-12H2,1-4H3/b25-17+,26-18+. The van der Waals surface area contributed by atoms with Crippen LogP contribution in [0.5, 0.6) is 0 Å². The van der Waals surface area contributed by atoms with E-state index < -0.39 is 4.92 Å². The van der Waals surface area contributed by atoms with E-state index in [4.69, 9.17) is 4.98 Å². The van der Waals surface area contributed by atoms with E-state index >= 15 is 0 Å². The number of hydrogen-bond donors (Lipinski definition) is 2. The predicted molar refractivity (Wildman–Crippen MR) is 117 cm³/mol. The highest BCUT2D eigenvalue weighted by atomic mass is 16.6. The molecule has 1 aromatic carbocycles. The number of nitrogens with zero attached hydrogens (tertiary/aromatic N) is 4. The zero-order chi connectivity index (χ0) is 22.6. The third kappa shape index (κ3) is 3.66. The first-order valence-corrected chi connectivity index (χ1v) is 10.3. The van der Waals surface area contributed by atoms with Crippen LogP contribution in [0.3, 0.4) is 0 Å². The molecule has 1 aromatic heterocycles. The third-order valence-electron chi connectivity index (χ3n) is 6.12. The van der Waals surface area contributed by atoms with Gasteiger partial charge in [0.15, 0.2) is 0 Å². The summed E-state index contributed by atoms with van der Waals surface area (Å²) >= 11 is 0. The smallest absolute Gasteiger partial charge is 0.269 e. The van der Waals surface area contributed by atoms with Crippen molar-refractivity contribution in [2.24, 2.45) is 21.1 Å². The SMILES string of the molecule is CC1(C)C/C(=N\O)c2c(nc3c(c2-c2ccc([N+](=O)[O-])cc2)/C(=N/O)CC(C)(C)C3)C1. The summed E-state index contributed by atoms with van der Waals surface area (Å²) in [7, 11) is 0. The number of benzene rings is 1. The lowest BCUT2D eigenvalue weighted by Crippen LogP contribution is -2.34. The summed E-state index contributed by atoms with van der Waals surface area (Å²) in [5.74, 6) is 0. The zero-order valence-electron chi connectivity index (χ0n) is 18.1. The summed E-state index contributed by atoms with van der Waals surface area (Å²) in [6.07, 6.45) is 2.55. The lowest BCUT2D eigenvalue weighted by atomic mass is 9.69. The second kappa shape index (κ2) is 7.14. The number of hydrogen-bond acceptors (Lipinski definition) is 7. The van der Waals surface area contributed by atoms with E-state index in [2.05, 4.69) is 38.0 Å². The van der Waals surface area contributed by atoms with E-state index in [1.807, 2.05) is 0 Å². The molecule has 0 aliphatic heterocycles. The van der Waals surface area contributed by atoms with Crippen molar-refractivity contribution in [2.45, 2.75) is 53.4 Å². The maximum Gasteiger partial charge on any atom is 0.269 e. The normalized spacial score (nSPS) is 21.5. The van der Waals surface area contributed by atoms with Gasteiger partial charge in [0, 0.05) is 28.8 Å². The van der Waals surface area contributed by atoms with Crippen molar-refractivity contribution in [3.63, 3.8) is 0 Å². The molecule has 162 valence electrons. The Morgan fingerprint density at radius 3 is 1.68 bits per heavy atom. The molecule has 2 aromatic rings. The zero-order valence-corrected chi connectivity index (χ0v) is 18.1. The van der Waals surface area contributed by atoms with Crippen molar-refractivity contribution in [1.29, 1.82) is 0 Å². The molecule has 0 atom stereocenters. The Morgan fingerprint density at radius 2 is 1.29 bits per heavy atom. The van der Waals surface area contributed by atoms with Gasteiger partial charge in [0.1, 0.15) is 0 Å². The third-order valence-corrected chi connectivity index (χ3v) is 6.12. The van der Waals surface area contributed by atoms with Crippen LogP contribution in [0.15, 0.2) is 34.6 Å². The number of nitro benzene ring substituents is 1. The van der Waals surface area contributed by atoms with Crippen molar-refractivity contribution in [2.75, 3.05) is 0 Å². The van der Waals surface area contributed by atoms with Crippen LogP contribution in [0.2, 0.25) is 0 Å². The predicted octanol–water partition coefficient (Wildman–Crippen LogP) is 4.96. The largest absolute Gasteiger partial charge is 0.411 e.